The van der Waals surface area contributed by atoms with E-state index in [0.717, 1.165) is 10.6 Å². The molecule has 5 nitrogen and oxygen atoms in total. The molecule has 1 unspecified atom stereocenters. The fourth-order valence-corrected chi connectivity index (χ4v) is 3.51. The van der Waals surface area contributed by atoms with Gasteiger partial charge in [0.1, 0.15) is 10.7 Å². The van der Waals surface area contributed by atoms with Crippen LogP contribution in [0.2, 0.25) is 0 Å². The number of likely N-dealkylation sites (N-methyl/N-ethyl adjacent to an activating group) is 1. The van der Waals surface area contributed by atoms with Crippen molar-refractivity contribution in [1.29, 1.82) is 0 Å². The van der Waals surface area contributed by atoms with Crippen molar-refractivity contribution in [3.05, 3.63) is 27.9 Å². The monoisotopic (exact) mass is 325 g/mol. The van der Waals surface area contributed by atoms with Crippen LogP contribution in [0.4, 0.5) is 0 Å². The SMILES string of the molecule is CN(C)CC(C)(O)CNC(=O)c1csc(-c2ccsc2)n1. The van der Waals surface area contributed by atoms with Crippen LogP contribution < -0.4 is 5.32 Å². The summed E-state index contributed by atoms with van der Waals surface area (Å²) in [5, 5.41) is 19.5. The van der Waals surface area contributed by atoms with Crippen LogP contribution in [-0.4, -0.2) is 53.7 Å². The number of hydrogen-bond donors (Lipinski definition) is 2. The Morgan fingerprint density at radius 3 is 2.86 bits per heavy atom. The highest BCUT2D eigenvalue weighted by Crippen LogP contribution is 2.25. The van der Waals surface area contributed by atoms with Crippen LogP contribution in [0.15, 0.2) is 22.2 Å². The van der Waals surface area contributed by atoms with Gasteiger partial charge in [0.25, 0.3) is 5.91 Å². The Hall–Kier alpha value is -1.28. The maximum Gasteiger partial charge on any atom is 0.270 e. The summed E-state index contributed by atoms with van der Waals surface area (Å²) in [6.07, 6.45) is 0. The zero-order valence-corrected chi connectivity index (χ0v) is 13.9. The van der Waals surface area contributed by atoms with Gasteiger partial charge in [0, 0.05) is 29.4 Å². The lowest BCUT2D eigenvalue weighted by molar-refractivity contribution is 0.0325. The van der Waals surface area contributed by atoms with Gasteiger partial charge in [-0.15, -0.1) is 11.3 Å². The minimum atomic E-state index is -0.967. The maximum atomic E-state index is 12.1. The summed E-state index contributed by atoms with van der Waals surface area (Å²) in [4.78, 5) is 18.3. The summed E-state index contributed by atoms with van der Waals surface area (Å²) < 4.78 is 0. The van der Waals surface area contributed by atoms with Crippen molar-refractivity contribution in [2.75, 3.05) is 27.2 Å². The summed E-state index contributed by atoms with van der Waals surface area (Å²) in [5.41, 5.74) is 0.455. The zero-order valence-electron chi connectivity index (χ0n) is 12.3. The highest BCUT2D eigenvalue weighted by molar-refractivity contribution is 7.14. The Bertz CT molecular complexity index is 591. The van der Waals surface area contributed by atoms with Gasteiger partial charge in [0.05, 0.1) is 5.60 Å². The molecule has 2 aromatic heterocycles. The molecule has 0 aliphatic carbocycles. The van der Waals surface area contributed by atoms with Crippen molar-refractivity contribution in [2.24, 2.45) is 0 Å². The number of aliphatic hydroxyl groups is 1. The minimum Gasteiger partial charge on any atom is -0.387 e. The van der Waals surface area contributed by atoms with Crippen LogP contribution in [0.1, 0.15) is 17.4 Å². The maximum absolute atomic E-state index is 12.1. The van der Waals surface area contributed by atoms with E-state index in [1.807, 2.05) is 35.8 Å². The topological polar surface area (TPSA) is 65.5 Å². The Kier molecular flexibility index (Phi) is 5.10. The van der Waals surface area contributed by atoms with Crippen LogP contribution >= 0.6 is 22.7 Å². The quantitative estimate of drug-likeness (QED) is 0.851. The van der Waals surface area contributed by atoms with E-state index in [9.17, 15) is 9.90 Å². The van der Waals surface area contributed by atoms with Crippen LogP contribution in [-0.2, 0) is 0 Å². The standard InChI is InChI=1S/C14H19N3O2S2/c1-14(19,9-17(2)3)8-15-12(18)11-7-21-13(16-11)10-4-5-20-6-10/h4-7,19H,8-9H2,1-3H3,(H,15,18). The molecule has 2 heterocycles. The number of nitrogens with one attached hydrogen (secondary N) is 1. The Morgan fingerprint density at radius 1 is 1.48 bits per heavy atom. The van der Waals surface area contributed by atoms with Gasteiger partial charge >= 0.3 is 0 Å². The van der Waals surface area contributed by atoms with E-state index in [1.54, 1.807) is 23.6 Å². The number of hydrogen-bond acceptors (Lipinski definition) is 6. The molecule has 7 heteroatoms. The molecule has 1 atom stereocenters. The first kappa shape index (κ1) is 16.1. The van der Waals surface area contributed by atoms with Crippen molar-refractivity contribution < 1.29 is 9.90 Å². The predicted molar refractivity (Wildman–Crippen MR) is 86.9 cm³/mol. The van der Waals surface area contributed by atoms with E-state index in [0.29, 0.717) is 12.2 Å². The van der Waals surface area contributed by atoms with Gasteiger partial charge in [-0.3, -0.25) is 4.79 Å². The average Bonchev–Trinajstić information content (AvgIpc) is 3.04. The molecule has 0 saturated heterocycles. The highest BCUT2D eigenvalue weighted by atomic mass is 32.1. The van der Waals surface area contributed by atoms with Gasteiger partial charge in [-0.2, -0.15) is 11.3 Å². The molecule has 0 aliphatic rings. The Morgan fingerprint density at radius 2 is 2.24 bits per heavy atom. The van der Waals surface area contributed by atoms with E-state index in [-0.39, 0.29) is 12.5 Å². The number of carbonyl (C=O) groups excluding carboxylic acids is 1. The molecule has 1 amide bonds. The lowest BCUT2D eigenvalue weighted by Gasteiger charge is -2.26. The van der Waals surface area contributed by atoms with E-state index < -0.39 is 5.60 Å². The number of rotatable bonds is 6. The van der Waals surface area contributed by atoms with Crippen molar-refractivity contribution in [3.63, 3.8) is 0 Å². The van der Waals surface area contributed by atoms with E-state index in [4.69, 9.17) is 0 Å². The fourth-order valence-electron chi connectivity index (χ4n) is 2.00. The summed E-state index contributed by atoms with van der Waals surface area (Å²) in [6.45, 7) is 2.37. The summed E-state index contributed by atoms with van der Waals surface area (Å²) in [5.74, 6) is -0.258. The van der Waals surface area contributed by atoms with Gasteiger partial charge < -0.3 is 15.3 Å². The first-order chi connectivity index (χ1) is 9.87. The second-order valence-corrected chi connectivity index (χ2v) is 7.11. The van der Waals surface area contributed by atoms with Crippen LogP contribution in [0.3, 0.4) is 0 Å². The normalized spacial score (nSPS) is 14.1. The van der Waals surface area contributed by atoms with Gasteiger partial charge in [-0.1, -0.05) is 0 Å². The minimum absolute atomic E-state index is 0.190. The molecule has 0 radical (unpaired) electrons. The number of thiophene rings is 1. The molecule has 0 fully saturated rings. The van der Waals surface area contributed by atoms with Gasteiger partial charge in [0.2, 0.25) is 0 Å². The molecule has 0 aromatic carbocycles. The van der Waals surface area contributed by atoms with Crippen molar-refractivity contribution >= 4 is 28.6 Å². The van der Waals surface area contributed by atoms with Gasteiger partial charge in [-0.25, -0.2) is 4.98 Å². The lowest BCUT2D eigenvalue weighted by atomic mass is 10.1. The first-order valence-electron chi connectivity index (χ1n) is 6.51. The molecule has 2 N–H and O–H groups in total. The van der Waals surface area contributed by atoms with E-state index in [2.05, 4.69) is 10.3 Å². The second kappa shape index (κ2) is 6.65. The van der Waals surface area contributed by atoms with Crippen molar-refractivity contribution in [1.82, 2.24) is 15.2 Å². The molecular formula is C14H19N3O2S2. The highest BCUT2D eigenvalue weighted by Gasteiger charge is 2.23. The van der Waals surface area contributed by atoms with Crippen molar-refractivity contribution in [3.8, 4) is 10.6 Å². The molecule has 0 saturated carbocycles. The molecular weight excluding hydrogens is 306 g/mol. The molecule has 0 bridgehead atoms. The molecule has 2 rings (SSSR count). The van der Waals surface area contributed by atoms with Gasteiger partial charge in [-0.05, 0) is 32.5 Å². The number of thiazole rings is 1. The lowest BCUT2D eigenvalue weighted by Crippen LogP contribution is -2.47. The van der Waals surface area contributed by atoms with E-state index >= 15 is 0 Å². The second-order valence-electron chi connectivity index (χ2n) is 5.47. The first-order valence-corrected chi connectivity index (χ1v) is 8.33. The number of amides is 1. The predicted octanol–water partition coefficient (Wildman–Crippen LogP) is 1.91. The fraction of sp³-hybridized carbons (Fsp3) is 0.429. The van der Waals surface area contributed by atoms with Crippen molar-refractivity contribution in [2.45, 2.75) is 12.5 Å². The Balaban J connectivity index is 1.95. The molecule has 0 aliphatic heterocycles. The smallest absolute Gasteiger partial charge is 0.270 e. The summed E-state index contributed by atoms with van der Waals surface area (Å²) >= 11 is 3.04. The Labute approximate surface area is 132 Å². The van der Waals surface area contributed by atoms with Crippen LogP contribution in [0.5, 0.6) is 0 Å². The van der Waals surface area contributed by atoms with Crippen LogP contribution in [0.25, 0.3) is 10.6 Å². The van der Waals surface area contributed by atoms with Crippen LogP contribution in [0, 0.1) is 0 Å². The summed E-state index contributed by atoms with van der Waals surface area (Å²) in [6, 6.07) is 1.98. The third-order valence-electron chi connectivity index (χ3n) is 2.79. The molecule has 0 spiro atoms. The third kappa shape index (κ3) is 4.60. The number of carbonyl (C=O) groups is 1. The average molecular weight is 325 g/mol. The van der Waals surface area contributed by atoms with E-state index in [1.165, 1.54) is 11.3 Å². The van der Waals surface area contributed by atoms with Gasteiger partial charge in [0.15, 0.2) is 0 Å². The number of nitrogens with zero attached hydrogens (tertiary/aromatic N) is 2. The molecule has 21 heavy (non-hydrogen) atoms. The third-order valence-corrected chi connectivity index (χ3v) is 4.37. The zero-order chi connectivity index (χ0) is 15.5. The molecule has 2 aromatic rings. The number of aromatic nitrogens is 1. The molecule has 114 valence electrons. The summed E-state index contributed by atoms with van der Waals surface area (Å²) in [7, 11) is 3.76. The largest absolute Gasteiger partial charge is 0.387 e.